The van der Waals surface area contributed by atoms with Gasteiger partial charge in [-0.25, -0.2) is 8.42 Å². The van der Waals surface area contributed by atoms with Gasteiger partial charge in [-0.2, -0.15) is 0 Å². The molecule has 0 unspecified atom stereocenters. The number of rotatable bonds is 11. The second kappa shape index (κ2) is 11.4. The average Bonchev–Trinajstić information content (AvgIpc) is 3.53. The molecule has 4 atom stereocenters. The highest BCUT2D eigenvalue weighted by atomic mass is 32.2. The van der Waals surface area contributed by atoms with E-state index in [0.717, 1.165) is 42.4 Å². The predicted molar refractivity (Wildman–Crippen MR) is 149 cm³/mol. The number of nitrogens with one attached hydrogen (secondary N) is 2. The van der Waals surface area contributed by atoms with Crippen LogP contribution in [-0.4, -0.2) is 36.9 Å². The Bertz CT molecular complexity index is 1290. The van der Waals surface area contributed by atoms with Crippen LogP contribution < -0.4 is 10.6 Å². The van der Waals surface area contributed by atoms with E-state index in [0.29, 0.717) is 11.4 Å². The topological polar surface area (TPSA) is 78.4 Å². The first kappa shape index (κ1) is 26.0. The molecule has 3 aromatic carbocycles. The molecule has 3 N–H and O–H groups in total. The Morgan fingerprint density at radius 1 is 0.865 bits per heavy atom. The summed E-state index contributed by atoms with van der Waals surface area (Å²) in [5, 5.41) is 16.5. The first-order chi connectivity index (χ1) is 18.0. The molecule has 2 bridgehead atoms. The molecule has 2 fully saturated rings. The third-order valence-electron chi connectivity index (χ3n) is 8.01. The summed E-state index contributed by atoms with van der Waals surface area (Å²) in [6, 6.07) is 23.1. The normalized spacial score (nSPS) is 22.9. The van der Waals surface area contributed by atoms with Gasteiger partial charge in [0, 0.05) is 24.7 Å². The lowest BCUT2D eigenvalue weighted by atomic mass is 9.94. The number of phenols is 1. The molecular weight excluding hydrogens is 480 g/mol. The summed E-state index contributed by atoms with van der Waals surface area (Å²) in [6.45, 7) is 2.82. The standard InChI is InChI=1S/C31H38N2O3S/c1-2-3-4-5-7-22-12-16-27(17-13-22)37(35,36)31-29-19-18-28(33-29)30(31)32-21-23-10-14-24(15-11-23)25-8-6-9-26(34)20-25/h6,8-17,20,28-34H,2-5,7,18-19,21H2,1H3/t28-,29+,30-,31-/m0/s1. The van der Waals surface area contributed by atoms with Gasteiger partial charge in [0.25, 0.3) is 0 Å². The molecule has 5 nitrogen and oxygen atoms in total. The lowest BCUT2D eigenvalue weighted by molar-refractivity contribution is 0.409. The molecule has 6 heteroatoms. The van der Waals surface area contributed by atoms with Crippen LogP contribution >= 0.6 is 0 Å². The van der Waals surface area contributed by atoms with Gasteiger partial charge in [0.05, 0.1) is 10.1 Å². The van der Waals surface area contributed by atoms with Crippen molar-refractivity contribution in [3.05, 3.63) is 83.9 Å². The van der Waals surface area contributed by atoms with Gasteiger partial charge in [0.2, 0.25) is 0 Å². The zero-order valence-corrected chi connectivity index (χ0v) is 22.4. The molecule has 0 radical (unpaired) electrons. The first-order valence-corrected chi connectivity index (χ1v) is 15.2. The fourth-order valence-corrected chi connectivity index (χ4v) is 8.13. The van der Waals surface area contributed by atoms with Crippen molar-refractivity contribution in [3.63, 3.8) is 0 Å². The van der Waals surface area contributed by atoms with Gasteiger partial charge < -0.3 is 15.7 Å². The zero-order valence-electron chi connectivity index (χ0n) is 21.6. The molecule has 5 rings (SSSR count). The van der Waals surface area contributed by atoms with Gasteiger partial charge in [-0.05, 0) is 72.2 Å². The van der Waals surface area contributed by atoms with Crippen molar-refractivity contribution in [2.75, 3.05) is 0 Å². The summed E-state index contributed by atoms with van der Waals surface area (Å²) in [6.07, 6.45) is 7.75. The second-order valence-corrected chi connectivity index (χ2v) is 12.7. The van der Waals surface area contributed by atoms with Crippen molar-refractivity contribution >= 4 is 9.84 Å². The minimum Gasteiger partial charge on any atom is -0.508 e. The number of hydrogen-bond acceptors (Lipinski definition) is 5. The van der Waals surface area contributed by atoms with Gasteiger partial charge in [-0.15, -0.1) is 0 Å². The van der Waals surface area contributed by atoms with E-state index in [1.165, 1.54) is 24.8 Å². The Labute approximate surface area is 221 Å². The van der Waals surface area contributed by atoms with E-state index in [1.54, 1.807) is 12.1 Å². The number of sulfone groups is 1. The Kier molecular flexibility index (Phi) is 7.98. The summed E-state index contributed by atoms with van der Waals surface area (Å²) in [5.41, 5.74) is 4.32. The smallest absolute Gasteiger partial charge is 0.184 e. The fourth-order valence-electron chi connectivity index (χ4n) is 5.99. The fraction of sp³-hybridized carbons (Fsp3) is 0.419. The van der Waals surface area contributed by atoms with Gasteiger partial charge in [-0.1, -0.05) is 74.7 Å². The van der Waals surface area contributed by atoms with Crippen molar-refractivity contribution in [2.45, 2.75) is 86.7 Å². The van der Waals surface area contributed by atoms with Crippen molar-refractivity contribution < 1.29 is 13.5 Å². The number of hydrogen-bond donors (Lipinski definition) is 3. The van der Waals surface area contributed by atoms with Gasteiger partial charge in [0.15, 0.2) is 9.84 Å². The summed E-state index contributed by atoms with van der Waals surface area (Å²) >= 11 is 0. The van der Waals surface area contributed by atoms with Crippen LogP contribution in [0.1, 0.15) is 56.6 Å². The largest absolute Gasteiger partial charge is 0.508 e. The van der Waals surface area contributed by atoms with Crippen LogP contribution in [0.25, 0.3) is 11.1 Å². The summed E-state index contributed by atoms with van der Waals surface area (Å²) in [5.74, 6) is 0.251. The van der Waals surface area contributed by atoms with Crippen LogP contribution in [0, 0.1) is 0 Å². The minimum absolute atomic E-state index is 0.00523. The number of aromatic hydroxyl groups is 1. The number of benzene rings is 3. The monoisotopic (exact) mass is 518 g/mol. The van der Waals surface area contributed by atoms with Crippen LogP contribution in [0.15, 0.2) is 77.7 Å². The molecule has 0 saturated carbocycles. The molecule has 37 heavy (non-hydrogen) atoms. The number of aryl methyl sites for hydroxylation is 1. The van der Waals surface area contributed by atoms with E-state index in [9.17, 15) is 13.5 Å². The highest BCUT2D eigenvalue weighted by Crippen LogP contribution is 2.36. The Morgan fingerprint density at radius 3 is 2.32 bits per heavy atom. The van der Waals surface area contributed by atoms with E-state index in [1.807, 2.05) is 48.5 Å². The van der Waals surface area contributed by atoms with Crippen molar-refractivity contribution in [1.29, 1.82) is 0 Å². The third kappa shape index (κ3) is 5.77. The van der Waals surface area contributed by atoms with E-state index in [2.05, 4.69) is 29.7 Å². The van der Waals surface area contributed by atoms with E-state index >= 15 is 0 Å². The van der Waals surface area contributed by atoms with E-state index in [-0.39, 0.29) is 23.9 Å². The molecule has 0 spiro atoms. The Hall–Kier alpha value is -2.67. The maximum absolute atomic E-state index is 13.8. The van der Waals surface area contributed by atoms with Crippen LogP contribution in [0.2, 0.25) is 0 Å². The van der Waals surface area contributed by atoms with Crippen molar-refractivity contribution in [2.24, 2.45) is 0 Å². The van der Waals surface area contributed by atoms with Crippen LogP contribution in [0.4, 0.5) is 0 Å². The lowest BCUT2D eigenvalue weighted by Gasteiger charge is -2.30. The second-order valence-electron chi connectivity index (χ2n) is 10.6. The highest BCUT2D eigenvalue weighted by Gasteiger charge is 2.53. The van der Waals surface area contributed by atoms with Gasteiger partial charge in [-0.3, -0.25) is 0 Å². The molecule has 2 saturated heterocycles. The number of fused-ring (bicyclic) bond motifs is 2. The molecule has 2 heterocycles. The first-order valence-electron chi connectivity index (χ1n) is 13.7. The van der Waals surface area contributed by atoms with Crippen LogP contribution in [0.5, 0.6) is 5.75 Å². The maximum atomic E-state index is 13.8. The maximum Gasteiger partial charge on any atom is 0.184 e. The predicted octanol–water partition coefficient (Wildman–Crippen LogP) is 5.62. The molecule has 3 aromatic rings. The highest BCUT2D eigenvalue weighted by molar-refractivity contribution is 7.92. The molecule has 2 aliphatic heterocycles. The van der Waals surface area contributed by atoms with Crippen molar-refractivity contribution in [1.82, 2.24) is 10.6 Å². The quantitative estimate of drug-likeness (QED) is 0.287. The minimum atomic E-state index is -3.46. The molecular formula is C31H38N2O3S. The number of unbranched alkanes of at least 4 members (excludes halogenated alkanes) is 3. The average molecular weight is 519 g/mol. The summed E-state index contributed by atoms with van der Waals surface area (Å²) < 4.78 is 27.6. The van der Waals surface area contributed by atoms with Crippen LogP contribution in [0.3, 0.4) is 0 Å². The zero-order chi connectivity index (χ0) is 25.8. The summed E-state index contributed by atoms with van der Waals surface area (Å²) in [7, 11) is -3.46. The lowest BCUT2D eigenvalue weighted by Crippen LogP contribution is -2.50. The third-order valence-corrected chi connectivity index (χ3v) is 10.3. The molecule has 0 aliphatic carbocycles. The molecule has 0 amide bonds. The SMILES string of the molecule is CCCCCCc1ccc(S(=O)(=O)[C@@H]2[C@@H](NCc3ccc(-c4cccc(O)c4)cc3)[C@@H]3CC[C@H]2N3)cc1. The summed E-state index contributed by atoms with van der Waals surface area (Å²) in [4.78, 5) is 0.437. The Morgan fingerprint density at radius 2 is 1.59 bits per heavy atom. The Balaban J connectivity index is 1.26. The van der Waals surface area contributed by atoms with E-state index < -0.39 is 15.1 Å². The van der Waals surface area contributed by atoms with Crippen molar-refractivity contribution in [3.8, 4) is 16.9 Å². The van der Waals surface area contributed by atoms with E-state index in [4.69, 9.17) is 0 Å². The molecule has 0 aromatic heterocycles. The van der Waals surface area contributed by atoms with Gasteiger partial charge >= 0.3 is 0 Å². The van der Waals surface area contributed by atoms with Gasteiger partial charge in [0.1, 0.15) is 5.75 Å². The molecule has 2 aliphatic rings. The van der Waals surface area contributed by atoms with Crippen LogP contribution in [-0.2, 0) is 22.8 Å². The molecule has 196 valence electrons. The number of phenolic OH excluding ortho intramolecular Hbond substituents is 1.